The Morgan fingerprint density at radius 2 is 1.69 bits per heavy atom. The Morgan fingerprint density at radius 3 is 2.42 bits per heavy atom. The van der Waals surface area contributed by atoms with Crippen LogP contribution in [0.25, 0.3) is 27.9 Å². The first-order valence-corrected chi connectivity index (χ1v) is 14.2. The quantitative estimate of drug-likeness (QED) is 0.348. The van der Waals surface area contributed by atoms with Gasteiger partial charge in [-0.3, -0.25) is 4.90 Å². The van der Waals surface area contributed by atoms with E-state index in [1.165, 1.54) is 25.5 Å². The van der Waals surface area contributed by atoms with Crippen LogP contribution in [0.2, 0.25) is 0 Å². The smallest absolute Gasteiger partial charge is 0.175 e. The van der Waals surface area contributed by atoms with Gasteiger partial charge in [-0.1, -0.05) is 30.7 Å². The number of aromatic nitrogens is 3. The van der Waals surface area contributed by atoms with Gasteiger partial charge in [-0.15, -0.1) is 0 Å². The maximum absolute atomic E-state index is 12.0. The van der Waals surface area contributed by atoms with Gasteiger partial charge in [-0.05, 0) is 75.2 Å². The van der Waals surface area contributed by atoms with Crippen molar-refractivity contribution in [2.75, 3.05) is 25.9 Å². The van der Waals surface area contributed by atoms with Crippen molar-refractivity contribution < 1.29 is 13.2 Å². The average Bonchev–Trinajstić information content (AvgIpc) is 3.27. The van der Waals surface area contributed by atoms with Crippen molar-refractivity contribution >= 4 is 15.5 Å². The first kappa shape index (κ1) is 24.5. The number of hydrogen-bond donors (Lipinski definition) is 0. The van der Waals surface area contributed by atoms with E-state index in [4.69, 9.17) is 4.74 Å². The molecule has 0 unspecified atom stereocenters. The van der Waals surface area contributed by atoms with Crippen LogP contribution in [0.5, 0.6) is 5.75 Å². The molecule has 7 nitrogen and oxygen atoms in total. The highest BCUT2D eigenvalue weighted by Gasteiger charge is 2.25. The predicted octanol–water partition coefficient (Wildman–Crippen LogP) is 5.11. The molecule has 8 heteroatoms. The van der Waals surface area contributed by atoms with Crippen LogP contribution in [0.3, 0.4) is 0 Å². The van der Waals surface area contributed by atoms with Crippen LogP contribution in [-0.2, 0) is 9.84 Å². The number of fused-ring (bicyclic) bond motifs is 1. The van der Waals surface area contributed by atoms with Crippen LogP contribution in [0, 0.1) is 0 Å². The fourth-order valence-electron chi connectivity index (χ4n) is 4.84. The van der Waals surface area contributed by atoms with Gasteiger partial charge < -0.3 is 4.74 Å². The zero-order chi connectivity index (χ0) is 25.3. The standard InChI is InChI=1S/C28H32N4O3S/c1-28(2,20-31-14-5-4-6-15-31)35-24-12-10-21(11-13-24)23-17-29-27-26(18-30-32(27)19-23)22-8-7-9-25(16-22)36(3,33)34/h7-13,16-19H,4-6,14-15,20H2,1-3H3. The zero-order valence-electron chi connectivity index (χ0n) is 21.0. The number of likely N-dealkylation sites (tertiary alicyclic amines) is 1. The molecular formula is C28H32N4O3S. The molecule has 0 radical (unpaired) electrons. The van der Waals surface area contributed by atoms with Crippen molar-refractivity contribution in [2.24, 2.45) is 0 Å². The summed E-state index contributed by atoms with van der Waals surface area (Å²) in [5, 5.41) is 4.47. The molecule has 0 atom stereocenters. The number of piperidine rings is 1. The Hall–Kier alpha value is -3.23. The molecular weight excluding hydrogens is 472 g/mol. The van der Waals surface area contributed by atoms with Crippen LogP contribution in [0.15, 0.2) is 72.0 Å². The number of nitrogens with zero attached hydrogens (tertiary/aromatic N) is 4. The number of hydrogen-bond acceptors (Lipinski definition) is 6. The molecule has 0 bridgehead atoms. The first-order valence-electron chi connectivity index (χ1n) is 12.3. The summed E-state index contributed by atoms with van der Waals surface area (Å²) in [4.78, 5) is 7.42. The van der Waals surface area contributed by atoms with Gasteiger partial charge in [0.1, 0.15) is 11.4 Å². The van der Waals surface area contributed by atoms with E-state index in [0.29, 0.717) is 5.65 Å². The monoisotopic (exact) mass is 504 g/mol. The largest absolute Gasteiger partial charge is 0.487 e. The van der Waals surface area contributed by atoms with E-state index >= 15 is 0 Å². The second kappa shape index (κ2) is 9.67. The summed E-state index contributed by atoms with van der Waals surface area (Å²) < 4.78 is 32.0. The topological polar surface area (TPSA) is 76.8 Å². The molecule has 5 rings (SSSR count). The van der Waals surface area contributed by atoms with Crippen LogP contribution >= 0.6 is 0 Å². The summed E-state index contributed by atoms with van der Waals surface area (Å²) in [5.41, 5.74) is 3.90. The minimum Gasteiger partial charge on any atom is -0.487 e. The molecule has 0 amide bonds. The molecule has 1 aliphatic rings. The summed E-state index contributed by atoms with van der Waals surface area (Å²) in [5.74, 6) is 0.849. The van der Waals surface area contributed by atoms with Crippen molar-refractivity contribution in [3.8, 4) is 28.0 Å². The van der Waals surface area contributed by atoms with Gasteiger partial charge in [0.25, 0.3) is 0 Å². The van der Waals surface area contributed by atoms with Crippen molar-refractivity contribution in [1.29, 1.82) is 0 Å². The predicted molar refractivity (Wildman–Crippen MR) is 142 cm³/mol. The van der Waals surface area contributed by atoms with Crippen LogP contribution in [0.1, 0.15) is 33.1 Å². The Bertz CT molecular complexity index is 1470. The van der Waals surface area contributed by atoms with Crippen LogP contribution < -0.4 is 4.74 Å². The molecule has 3 heterocycles. The summed E-state index contributed by atoms with van der Waals surface area (Å²) in [6, 6.07) is 14.9. The van der Waals surface area contributed by atoms with E-state index in [9.17, 15) is 8.42 Å². The van der Waals surface area contributed by atoms with Gasteiger partial charge in [0.15, 0.2) is 15.5 Å². The van der Waals surface area contributed by atoms with Crippen molar-refractivity contribution in [3.05, 3.63) is 67.1 Å². The SMILES string of the molecule is CC(C)(CN1CCCCC1)Oc1ccc(-c2cnc3c(-c4cccc(S(C)(=O)=O)c4)cnn3c2)cc1. The molecule has 4 aromatic rings. The third-order valence-electron chi connectivity index (χ3n) is 6.56. The first-order chi connectivity index (χ1) is 17.2. The van der Waals surface area contributed by atoms with E-state index in [2.05, 4.69) is 28.8 Å². The van der Waals surface area contributed by atoms with Crippen molar-refractivity contribution in [2.45, 2.75) is 43.6 Å². The summed E-state index contributed by atoms with van der Waals surface area (Å²) in [6.45, 7) is 7.52. The maximum atomic E-state index is 12.0. The van der Waals surface area contributed by atoms with E-state index in [1.54, 1.807) is 28.9 Å². The van der Waals surface area contributed by atoms with Crippen LogP contribution in [0.4, 0.5) is 0 Å². The van der Waals surface area contributed by atoms with Gasteiger partial charge in [0.05, 0.1) is 11.1 Å². The van der Waals surface area contributed by atoms with Gasteiger partial charge in [0, 0.05) is 36.3 Å². The molecule has 0 aliphatic carbocycles. The lowest BCUT2D eigenvalue weighted by atomic mass is 10.1. The van der Waals surface area contributed by atoms with E-state index in [1.807, 2.05) is 42.7 Å². The number of sulfone groups is 1. The number of ether oxygens (including phenoxy) is 1. The molecule has 1 fully saturated rings. The third kappa shape index (κ3) is 5.44. The molecule has 0 N–H and O–H groups in total. The Labute approximate surface area is 212 Å². The Kier molecular flexibility index (Phi) is 6.57. The fourth-order valence-corrected chi connectivity index (χ4v) is 5.51. The van der Waals surface area contributed by atoms with E-state index in [0.717, 1.165) is 47.6 Å². The minimum absolute atomic E-state index is 0.265. The van der Waals surface area contributed by atoms with Crippen molar-refractivity contribution in [3.63, 3.8) is 0 Å². The lowest BCUT2D eigenvalue weighted by Crippen LogP contribution is -2.44. The highest BCUT2D eigenvalue weighted by molar-refractivity contribution is 7.90. The fraction of sp³-hybridized carbons (Fsp3) is 0.357. The number of benzene rings is 2. The molecule has 2 aromatic carbocycles. The van der Waals surface area contributed by atoms with Crippen LogP contribution in [-0.4, -0.2) is 59.4 Å². The Morgan fingerprint density at radius 1 is 0.944 bits per heavy atom. The van der Waals surface area contributed by atoms with Gasteiger partial charge in [-0.25, -0.2) is 17.9 Å². The van der Waals surface area contributed by atoms with E-state index in [-0.39, 0.29) is 10.5 Å². The second-order valence-corrected chi connectivity index (χ2v) is 12.2. The lowest BCUT2D eigenvalue weighted by Gasteiger charge is -2.35. The highest BCUT2D eigenvalue weighted by Crippen LogP contribution is 2.29. The molecule has 1 saturated heterocycles. The highest BCUT2D eigenvalue weighted by atomic mass is 32.2. The molecule has 188 valence electrons. The molecule has 36 heavy (non-hydrogen) atoms. The van der Waals surface area contributed by atoms with Gasteiger partial charge >= 0.3 is 0 Å². The molecule has 2 aromatic heterocycles. The zero-order valence-corrected chi connectivity index (χ0v) is 21.8. The second-order valence-electron chi connectivity index (χ2n) is 10.2. The van der Waals surface area contributed by atoms with E-state index < -0.39 is 9.84 Å². The van der Waals surface area contributed by atoms with Gasteiger partial charge in [-0.2, -0.15) is 5.10 Å². The summed E-state index contributed by atoms with van der Waals surface area (Å²) >= 11 is 0. The Balaban J connectivity index is 1.33. The van der Waals surface area contributed by atoms with Gasteiger partial charge in [0.2, 0.25) is 0 Å². The molecule has 1 aliphatic heterocycles. The minimum atomic E-state index is -3.30. The average molecular weight is 505 g/mol. The molecule has 0 spiro atoms. The number of rotatable bonds is 7. The van der Waals surface area contributed by atoms with Crippen molar-refractivity contribution in [1.82, 2.24) is 19.5 Å². The molecule has 0 saturated carbocycles. The maximum Gasteiger partial charge on any atom is 0.175 e. The third-order valence-corrected chi connectivity index (χ3v) is 7.67. The summed E-state index contributed by atoms with van der Waals surface area (Å²) in [6.07, 6.45) is 10.5. The summed E-state index contributed by atoms with van der Waals surface area (Å²) in [7, 11) is -3.30. The normalized spacial score (nSPS) is 15.3. The lowest BCUT2D eigenvalue weighted by molar-refractivity contribution is 0.0520.